The van der Waals surface area contributed by atoms with E-state index in [2.05, 4.69) is 25.5 Å². The fraction of sp³-hybridized carbons (Fsp3) is 0.111. The van der Waals surface area contributed by atoms with Gasteiger partial charge in [0.05, 0.1) is 19.2 Å². The molecule has 0 saturated carbocycles. The van der Waals surface area contributed by atoms with Crippen LogP contribution in [0, 0.1) is 6.57 Å². The highest BCUT2D eigenvalue weighted by Gasteiger charge is 2.07. The minimum atomic E-state index is -0.405. The number of hydrogen-bond donors (Lipinski definition) is 0. The lowest BCUT2D eigenvalue weighted by Crippen LogP contribution is -2.00. The number of hydrogen-bond acceptors (Lipinski definition) is 2. The Morgan fingerprint density at radius 1 is 1.62 bits per heavy atom. The van der Waals surface area contributed by atoms with Crippen molar-refractivity contribution in [1.82, 2.24) is 0 Å². The maximum atomic E-state index is 11.0. The van der Waals surface area contributed by atoms with Crippen molar-refractivity contribution in [3.05, 3.63) is 39.7 Å². The Kier molecular flexibility index (Phi) is 3.04. The van der Waals surface area contributed by atoms with Gasteiger partial charge < -0.3 is 4.74 Å². The zero-order valence-electron chi connectivity index (χ0n) is 6.87. The standard InChI is InChI=1S/C9H6BrNO2/c1-11-8-4-3-6(5-7(8)10)9(12)13-2/h3-5H,2H3. The molecule has 0 fully saturated rings. The van der Waals surface area contributed by atoms with Crippen molar-refractivity contribution in [2.45, 2.75) is 0 Å². The summed E-state index contributed by atoms with van der Waals surface area (Å²) >= 11 is 3.18. The Morgan fingerprint density at radius 2 is 2.31 bits per heavy atom. The van der Waals surface area contributed by atoms with Gasteiger partial charge in [-0.25, -0.2) is 9.64 Å². The Balaban J connectivity index is 3.11. The molecule has 0 N–H and O–H groups in total. The first-order chi connectivity index (χ1) is 6.19. The summed E-state index contributed by atoms with van der Waals surface area (Å²) in [6, 6.07) is 4.70. The van der Waals surface area contributed by atoms with Crippen LogP contribution in [0.1, 0.15) is 10.4 Å². The molecule has 0 heterocycles. The van der Waals surface area contributed by atoms with Crippen molar-refractivity contribution in [2.75, 3.05) is 7.11 Å². The molecule has 0 aliphatic carbocycles. The molecule has 3 nitrogen and oxygen atoms in total. The minimum Gasteiger partial charge on any atom is -0.465 e. The number of ether oxygens (including phenoxy) is 1. The van der Waals surface area contributed by atoms with Gasteiger partial charge in [0.1, 0.15) is 0 Å². The summed E-state index contributed by atoms with van der Waals surface area (Å²) in [4.78, 5) is 14.3. The highest BCUT2D eigenvalue weighted by atomic mass is 79.9. The lowest BCUT2D eigenvalue weighted by molar-refractivity contribution is 0.0600. The van der Waals surface area contributed by atoms with Gasteiger partial charge in [-0.05, 0) is 6.07 Å². The van der Waals surface area contributed by atoms with Crippen LogP contribution in [0.25, 0.3) is 4.85 Å². The maximum Gasteiger partial charge on any atom is 0.337 e. The lowest BCUT2D eigenvalue weighted by Gasteiger charge is -2.00. The van der Waals surface area contributed by atoms with E-state index in [9.17, 15) is 4.79 Å². The van der Waals surface area contributed by atoms with Gasteiger partial charge in [0.15, 0.2) is 0 Å². The third-order valence-electron chi connectivity index (χ3n) is 1.49. The number of rotatable bonds is 1. The summed E-state index contributed by atoms with van der Waals surface area (Å²) < 4.78 is 5.13. The molecular weight excluding hydrogens is 234 g/mol. The fourth-order valence-corrected chi connectivity index (χ4v) is 1.31. The number of carbonyl (C=O) groups is 1. The average Bonchev–Trinajstić information content (AvgIpc) is 2.16. The van der Waals surface area contributed by atoms with Gasteiger partial charge in [-0.1, -0.05) is 28.1 Å². The topological polar surface area (TPSA) is 30.7 Å². The largest absolute Gasteiger partial charge is 0.465 e. The maximum absolute atomic E-state index is 11.0. The quantitative estimate of drug-likeness (QED) is 0.558. The molecule has 0 aliphatic heterocycles. The second-order valence-corrected chi connectivity index (χ2v) is 3.12. The number of esters is 1. The van der Waals surface area contributed by atoms with E-state index in [1.54, 1.807) is 18.2 Å². The number of benzene rings is 1. The van der Waals surface area contributed by atoms with Crippen LogP contribution in [0.3, 0.4) is 0 Å². The first-order valence-corrected chi connectivity index (χ1v) is 4.23. The Hall–Kier alpha value is -1.34. The Bertz CT molecular complexity index is 382. The molecule has 0 spiro atoms. The zero-order chi connectivity index (χ0) is 9.84. The summed E-state index contributed by atoms with van der Waals surface area (Å²) in [5.41, 5.74) is 0.912. The van der Waals surface area contributed by atoms with Crippen LogP contribution in [0.5, 0.6) is 0 Å². The average molecular weight is 240 g/mol. The van der Waals surface area contributed by atoms with Crippen molar-refractivity contribution >= 4 is 27.6 Å². The highest BCUT2D eigenvalue weighted by Crippen LogP contribution is 2.26. The van der Waals surface area contributed by atoms with Crippen LogP contribution in [0.2, 0.25) is 0 Å². The van der Waals surface area contributed by atoms with Crippen LogP contribution in [0.4, 0.5) is 5.69 Å². The molecule has 1 aromatic carbocycles. The van der Waals surface area contributed by atoms with E-state index in [1.165, 1.54) is 7.11 Å². The van der Waals surface area contributed by atoms with E-state index in [0.717, 1.165) is 0 Å². The van der Waals surface area contributed by atoms with Crippen molar-refractivity contribution in [3.63, 3.8) is 0 Å². The molecule has 0 saturated heterocycles. The van der Waals surface area contributed by atoms with Gasteiger partial charge in [0.25, 0.3) is 0 Å². The molecule has 4 heteroatoms. The van der Waals surface area contributed by atoms with Crippen LogP contribution >= 0.6 is 15.9 Å². The van der Waals surface area contributed by atoms with Crippen LogP contribution in [0.15, 0.2) is 22.7 Å². The van der Waals surface area contributed by atoms with Gasteiger partial charge >= 0.3 is 5.97 Å². The van der Waals surface area contributed by atoms with E-state index in [-0.39, 0.29) is 0 Å². The van der Waals surface area contributed by atoms with Gasteiger partial charge in [0, 0.05) is 4.47 Å². The van der Waals surface area contributed by atoms with E-state index in [0.29, 0.717) is 15.7 Å². The fourth-order valence-electron chi connectivity index (χ4n) is 0.842. The zero-order valence-corrected chi connectivity index (χ0v) is 8.46. The first-order valence-electron chi connectivity index (χ1n) is 3.44. The Morgan fingerprint density at radius 3 is 2.77 bits per heavy atom. The number of nitrogens with zero attached hydrogens (tertiary/aromatic N) is 1. The third kappa shape index (κ3) is 2.07. The normalized spacial score (nSPS) is 9.00. The Labute approximate surface area is 84.3 Å². The van der Waals surface area contributed by atoms with Crippen molar-refractivity contribution in [3.8, 4) is 0 Å². The third-order valence-corrected chi connectivity index (χ3v) is 2.12. The first kappa shape index (κ1) is 9.75. The van der Waals surface area contributed by atoms with E-state index in [4.69, 9.17) is 6.57 Å². The van der Waals surface area contributed by atoms with E-state index in [1.807, 2.05) is 0 Å². The molecule has 66 valence electrons. The summed E-state index contributed by atoms with van der Waals surface area (Å²) in [6.45, 7) is 6.79. The van der Waals surface area contributed by atoms with Crippen molar-refractivity contribution in [2.24, 2.45) is 0 Å². The van der Waals surface area contributed by atoms with Gasteiger partial charge in [-0.2, -0.15) is 0 Å². The molecule has 1 aromatic rings. The SMILES string of the molecule is [C-]#[N+]c1ccc(C(=O)OC)cc1Br. The number of methoxy groups -OCH3 is 1. The van der Waals surface area contributed by atoms with Crippen LogP contribution < -0.4 is 0 Å². The molecule has 0 aromatic heterocycles. The predicted octanol–water partition coefficient (Wildman–Crippen LogP) is 2.79. The molecule has 0 bridgehead atoms. The summed E-state index contributed by atoms with van der Waals surface area (Å²) in [7, 11) is 1.32. The minimum absolute atomic E-state index is 0.405. The monoisotopic (exact) mass is 239 g/mol. The molecule has 0 atom stereocenters. The molecule has 13 heavy (non-hydrogen) atoms. The second-order valence-electron chi connectivity index (χ2n) is 2.27. The molecule has 0 unspecified atom stereocenters. The summed E-state index contributed by atoms with van der Waals surface area (Å²) in [6.07, 6.45) is 0. The second kappa shape index (κ2) is 4.06. The van der Waals surface area contributed by atoms with E-state index >= 15 is 0 Å². The smallest absolute Gasteiger partial charge is 0.337 e. The number of halogens is 1. The van der Waals surface area contributed by atoms with Crippen LogP contribution in [-0.2, 0) is 4.74 Å². The van der Waals surface area contributed by atoms with Crippen molar-refractivity contribution < 1.29 is 9.53 Å². The molecular formula is C9H6BrNO2. The van der Waals surface area contributed by atoms with Crippen LogP contribution in [-0.4, -0.2) is 13.1 Å². The lowest BCUT2D eigenvalue weighted by atomic mass is 10.2. The highest BCUT2D eigenvalue weighted by molar-refractivity contribution is 9.10. The molecule has 0 amide bonds. The summed E-state index contributed by atoms with van der Waals surface area (Å²) in [5.74, 6) is -0.405. The van der Waals surface area contributed by atoms with E-state index < -0.39 is 5.97 Å². The molecule has 0 aliphatic rings. The predicted molar refractivity (Wildman–Crippen MR) is 51.7 cm³/mol. The molecule has 1 rings (SSSR count). The van der Waals surface area contributed by atoms with Gasteiger partial charge in [0.2, 0.25) is 5.69 Å². The van der Waals surface area contributed by atoms with Crippen molar-refractivity contribution in [1.29, 1.82) is 0 Å². The summed E-state index contributed by atoms with van der Waals surface area (Å²) in [5, 5.41) is 0. The van der Waals surface area contributed by atoms with Gasteiger partial charge in [-0.3, -0.25) is 0 Å². The molecule has 0 radical (unpaired) electrons. The number of carbonyl (C=O) groups excluding carboxylic acids is 1. The van der Waals surface area contributed by atoms with Gasteiger partial charge in [-0.15, -0.1) is 0 Å².